The molecule has 0 fully saturated rings. The number of benzene rings is 12. The normalized spacial score (nSPS) is 11.1. The van der Waals surface area contributed by atoms with Gasteiger partial charge in [-0.1, -0.05) is 271 Å². The third-order valence-electron chi connectivity index (χ3n) is 15.6. The van der Waals surface area contributed by atoms with Crippen LogP contribution in [0.3, 0.4) is 0 Å². The van der Waals surface area contributed by atoms with Gasteiger partial charge in [0.2, 0.25) is 0 Å². The molecule has 0 aliphatic rings. The molecule has 0 saturated carbocycles. The molecule has 0 aliphatic carbocycles. The highest BCUT2D eigenvalue weighted by molar-refractivity contribution is 9.10. The predicted molar refractivity (Wildman–Crippen MR) is 359 cm³/mol. The van der Waals surface area contributed by atoms with Gasteiger partial charge in [0.1, 0.15) is 0 Å². The molecule has 0 amide bonds. The van der Waals surface area contributed by atoms with Gasteiger partial charge in [-0.2, -0.15) is 0 Å². The Morgan fingerprint density at radius 3 is 1.02 bits per heavy atom. The highest BCUT2D eigenvalue weighted by atomic mass is 79.9. The van der Waals surface area contributed by atoms with E-state index in [1.807, 2.05) is 6.08 Å². The molecule has 2 heterocycles. The smallest absolute Gasteiger partial charge is 0.423 e. The Labute approximate surface area is 498 Å². The molecule has 14 aromatic rings. The SMILES string of the molecule is C=Cc1ccc(-c2ccc(-c3nc4c5ccccc5c5ccccc5c4nc3-c3ccc(C)cc3)c(C)c2)cc1.C=Cc1ccc(B(O)O)cc1.Cc1ccc(-c2nc3c4ccccc4c4ccccc4c3nc2-c2ccc(Br)cc2C)cc1. The molecule has 2 aromatic heterocycles. The molecule has 0 bridgehead atoms. The minimum Gasteiger partial charge on any atom is -0.423 e. The van der Waals surface area contributed by atoms with Crippen molar-refractivity contribution in [2.24, 2.45) is 0 Å². The lowest BCUT2D eigenvalue weighted by Crippen LogP contribution is -2.29. The summed E-state index contributed by atoms with van der Waals surface area (Å²) >= 11 is 3.60. The Balaban J connectivity index is 0.000000142. The number of nitrogens with zero attached hydrogens (tertiary/aromatic N) is 4. The van der Waals surface area contributed by atoms with Crippen LogP contribution >= 0.6 is 15.9 Å². The second-order valence-electron chi connectivity index (χ2n) is 21.2. The van der Waals surface area contributed by atoms with E-state index in [2.05, 4.69) is 263 Å². The second-order valence-corrected chi connectivity index (χ2v) is 22.1. The molecule has 14 rings (SSSR count). The lowest BCUT2D eigenvalue weighted by Gasteiger charge is -2.16. The van der Waals surface area contributed by atoms with Crippen LogP contribution in [0.1, 0.15) is 33.4 Å². The summed E-state index contributed by atoms with van der Waals surface area (Å²) in [7, 11) is -1.38. The van der Waals surface area contributed by atoms with E-state index < -0.39 is 7.12 Å². The summed E-state index contributed by atoms with van der Waals surface area (Å²) in [5, 5.41) is 26.7. The van der Waals surface area contributed by atoms with E-state index in [0.29, 0.717) is 5.46 Å². The van der Waals surface area contributed by atoms with Crippen molar-refractivity contribution in [1.82, 2.24) is 19.9 Å². The van der Waals surface area contributed by atoms with Gasteiger partial charge in [0, 0.05) is 48.3 Å². The Kier molecular flexibility index (Phi) is 15.4. The Hall–Kier alpha value is -9.70. The maximum absolute atomic E-state index is 8.72. The molecule has 0 unspecified atom stereocenters. The first-order chi connectivity index (χ1) is 40.9. The number of hydrogen-bond donors (Lipinski definition) is 2. The fourth-order valence-corrected chi connectivity index (χ4v) is 11.6. The number of hydrogen-bond acceptors (Lipinski definition) is 6. The van der Waals surface area contributed by atoms with Gasteiger partial charge in [-0.25, -0.2) is 19.9 Å². The van der Waals surface area contributed by atoms with Crippen LogP contribution in [0.5, 0.6) is 0 Å². The maximum Gasteiger partial charge on any atom is 0.488 e. The van der Waals surface area contributed by atoms with Crippen molar-refractivity contribution in [2.45, 2.75) is 27.7 Å². The minimum atomic E-state index is -1.38. The van der Waals surface area contributed by atoms with Gasteiger partial charge < -0.3 is 10.0 Å². The largest absolute Gasteiger partial charge is 0.488 e. The molecule has 0 atom stereocenters. The van der Waals surface area contributed by atoms with Crippen molar-refractivity contribution in [3.8, 4) is 56.2 Å². The Bertz CT molecular complexity index is 4830. The predicted octanol–water partition coefficient (Wildman–Crippen LogP) is 18.9. The first-order valence-corrected chi connectivity index (χ1v) is 28.8. The number of halogens is 1. The summed E-state index contributed by atoms with van der Waals surface area (Å²) in [6.07, 6.45) is 3.57. The fraction of sp³-hybridized carbons (Fsp3) is 0.0526. The van der Waals surface area contributed by atoms with Crippen molar-refractivity contribution in [1.29, 1.82) is 0 Å². The molecule has 84 heavy (non-hydrogen) atoms. The van der Waals surface area contributed by atoms with Gasteiger partial charge in [-0.3, -0.25) is 0 Å². The van der Waals surface area contributed by atoms with Crippen LogP contribution in [-0.2, 0) is 0 Å². The van der Waals surface area contributed by atoms with Gasteiger partial charge in [-0.05, 0) is 100 Å². The summed E-state index contributed by atoms with van der Waals surface area (Å²) in [4.78, 5) is 21.5. The number of fused-ring (bicyclic) bond motifs is 12. The van der Waals surface area contributed by atoms with Crippen molar-refractivity contribution < 1.29 is 10.0 Å². The molecular weight excluding hydrogens is 1090 g/mol. The van der Waals surface area contributed by atoms with Crippen LogP contribution in [0.2, 0.25) is 0 Å². The maximum atomic E-state index is 8.72. The molecule has 6 nitrogen and oxygen atoms in total. The standard InChI is InChI=1S/C38H28N2.C30H21BrN2.C8H9BO2/c1-4-26-15-19-27(20-16-26)29-21-22-30(25(3)23-29)36-35(28-17-13-24(2)14-18-28)39-37-33-11-7-5-9-31(33)32-10-6-8-12-34(32)38(37)40-36;1-18-11-13-20(14-12-18)27-28(22-16-15-21(31)17-19(22)2)33-30-26-10-6-4-8-24(26)23-7-3-5-9-25(23)29(30)32-27;1-2-7-3-5-8(6-4-7)9(10)11/h4-23H,1H2,2-3H3;3-17H,1-2H3;2-6,10-11H,1H2. The zero-order valence-corrected chi connectivity index (χ0v) is 48.7. The Morgan fingerprint density at radius 2 is 0.667 bits per heavy atom. The molecule has 0 saturated heterocycles. The highest BCUT2D eigenvalue weighted by Crippen LogP contribution is 2.42. The van der Waals surface area contributed by atoms with Crippen LogP contribution in [0, 0.1) is 27.7 Å². The van der Waals surface area contributed by atoms with Crippen LogP contribution < -0.4 is 5.46 Å². The summed E-state index contributed by atoms with van der Waals surface area (Å²) < 4.78 is 1.06. The topological polar surface area (TPSA) is 92.0 Å². The van der Waals surface area contributed by atoms with Crippen LogP contribution in [0.4, 0.5) is 0 Å². The van der Waals surface area contributed by atoms with Gasteiger partial charge >= 0.3 is 7.12 Å². The molecule has 0 radical (unpaired) electrons. The van der Waals surface area contributed by atoms with E-state index in [0.717, 1.165) is 115 Å². The van der Waals surface area contributed by atoms with E-state index >= 15 is 0 Å². The summed E-state index contributed by atoms with van der Waals surface area (Å²) in [5.74, 6) is 0. The lowest BCUT2D eigenvalue weighted by molar-refractivity contribution is 0.426. The van der Waals surface area contributed by atoms with Crippen molar-refractivity contribution in [3.63, 3.8) is 0 Å². The monoisotopic (exact) mass is 1150 g/mol. The molecule has 12 aromatic carbocycles. The van der Waals surface area contributed by atoms with E-state index in [9.17, 15) is 0 Å². The molecule has 404 valence electrons. The van der Waals surface area contributed by atoms with E-state index in [4.69, 9.17) is 30.0 Å². The third-order valence-corrected chi connectivity index (χ3v) is 16.1. The van der Waals surface area contributed by atoms with Crippen LogP contribution in [0.25, 0.3) is 133 Å². The number of aryl methyl sites for hydroxylation is 4. The molecule has 0 spiro atoms. The first-order valence-electron chi connectivity index (χ1n) is 28.0. The van der Waals surface area contributed by atoms with Crippen LogP contribution in [0.15, 0.2) is 248 Å². The lowest BCUT2D eigenvalue weighted by atomic mass is 9.80. The van der Waals surface area contributed by atoms with Crippen molar-refractivity contribution >= 4 is 106 Å². The molecule has 0 aliphatic heterocycles. The first kappa shape index (κ1) is 54.9. The molecular formula is C76H58BBrN4O2. The number of rotatable bonds is 8. The van der Waals surface area contributed by atoms with Crippen molar-refractivity contribution in [2.75, 3.05) is 0 Å². The highest BCUT2D eigenvalue weighted by Gasteiger charge is 2.21. The minimum absolute atomic E-state index is 0.496. The van der Waals surface area contributed by atoms with Gasteiger partial charge in [0.05, 0.1) is 44.8 Å². The fourth-order valence-electron chi connectivity index (χ4n) is 11.1. The third kappa shape index (κ3) is 10.8. The van der Waals surface area contributed by atoms with Gasteiger partial charge in [0.15, 0.2) is 0 Å². The Morgan fingerprint density at radius 1 is 0.345 bits per heavy atom. The van der Waals surface area contributed by atoms with E-state index in [1.165, 1.54) is 43.8 Å². The van der Waals surface area contributed by atoms with Gasteiger partial charge in [-0.15, -0.1) is 0 Å². The quantitative estimate of drug-likeness (QED) is 0.116. The summed E-state index contributed by atoms with van der Waals surface area (Å²) in [6, 6.07) is 79.6. The second kappa shape index (κ2) is 23.6. The zero-order chi connectivity index (χ0) is 58.0. The zero-order valence-electron chi connectivity index (χ0n) is 47.1. The van der Waals surface area contributed by atoms with E-state index in [1.54, 1.807) is 30.3 Å². The van der Waals surface area contributed by atoms with E-state index in [-0.39, 0.29) is 0 Å². The molecule has 8 heteroatoms. The summed E-state index contributed by atoms with van der Waals surface area (Å²) in [5.41, 5.74) is 21.4. The van der Waals surface area contributed by atoms with Gasteiger partial charge in [0.25, 0.3) is 0 Å². The number of aromatic nitrogens is 4. The molecule has 2 N–H and O–H groups in total. The average Bonchev–Trinajstić information content (AvgIpc) is 1.38. The average molecular weight is 1150 g/mol. The van der Waals surface area contributed by atoms with Crippen LogP contribution in [-0.4, -0.2) is 37.1 Å². The summed E-state index contributed by atoms with van der Waals surface area (Å²) in [6.45, 7) is 16.0. The van der Waals surface area contributed by atoms with Crippen molar-refractivity contribution in [3.05, 3.63) is 282 Å².